The summed E-state index contributed by atoms with van der Waals surface area (Å²) in [6, 6.07) is 9.01. The van der Waals surface area contributed by atoms with Gasteiger partial charge in [-0.15, -0.1) is 0 Å². The molecule has 5 heteroatoms. The summed E-state index contributed by atoms with van der Waals surface area (Å²) in [6.45, 7) is 1.20. The maximum Gasteiger partial charge on any atom is 0.261 e. The number of hydrogen-bond donors (Lipinski definition) is 2. The minimum atomic E-state index is -0.367. The molecule has 2 aromatic rings. The normalized spacial score (nSPS) is 18.3. The highest BCUT2D eigenvalue weighted by atomic mass is 16.5. The zero-order valence-electron chi connectivity index (χ0n) is 11.0. The second-order valence-corrected chi connectivity index (χ2v) is 4.94. The van der Waals surface area contributed by atoms with Crippen LogP contribution in [0.15, 0.2) is 35.1 Å². The van der Waals surface area contributed by atoms with Crippen LogP contribution in [0.25, 0.3) is 10.9 Å². The number of fused-ring (bicyclic) bond motifs is 1. The molecule has 1 aliphatic heterocycles. The quantitative estimate of drug-likeness (QED) is 0.888. The number of carbonyl (C=O) groups is 1. The van der Waals surface area contributed by atoms with Crippen molar-refractivity contribution in [2.45, 2.75) is 18.9 Å². The fraction of sp³-hybridized carbons (Fsp3) is 0.333. The van der Waals surface area contributed by atoms with Gasteiger partial charge in [-0.1, -0.05) is 18.2 Å². The van der Waals surface area contributed by atoms with Gasteiger partial charge in [-0.25, -0.2) is 0 Å². The van der Waals surface area contributed by atoms with Crippen LogP contribution in [0.5, 0.6) is 0 Å². The molecule has 1 atom stereocenters. The number of rotatable bonds is 3. The minimum absolute atomic E-state index is 0.0680. The predicted molar refractivity (Wildman–Crippen MR) is 75.9 cm³/mol. The Kier molecular flexibility index (Phi) is 3.52. The number of pyridine rings is 1. The van der Waals surface area contributed by atoms with Gasteiger partial charge < -0.3 is 15.0 Å². The number of nitrogens with one attached hydrogen (secondary N) is 2. The number of carbonyl (C=O) groups excluding carboxylic acids is 1. The monoisotopic (exact) mass is 272 g/mol. The third kappa shape index (κ3) is 2.58. The summed E-state index contributed by atoms with van der Waals surface area (Å²) >= 11 is 0. The van der Waals surface area contributed by atoms with Gasteiger partial charge in [0.15, 0.2) is 0 Å². The molecule has 1 saturated heterocycles. The van der Waals surface area contributed by atoms with Crippen molar-refractivity contribution in [2.75, 3.05) is 13.2 Å². The van der Waals surface area contributed by atoms with Gasteiger partial charge in [0.2, 0.25) is 0 Å². The molecule has 0 radical (unpaired) electrons. The number of ether oxygens (including phenoxy) is 1. The van der Waals surface area contributed by atoms with E-state index in [0.717, 1.165) is 30.4 Å². The topological polar surface area (TPSA) is 71.2 Å². The standard InChI is InChI=1S/C15H16N2O3/c18-14(16-9-11-5-3-7-20-11)12-8-10-4-1-2-6-13(10)17-15(12)19/h1-2,4,6,8,11H,3,5,7,9H2,(H,16,18)(H,17,19). The molecule has 104 valence electrons. The molecule has 2 N–H and O–H groups in total. The summed E-state index contributed by atoms with van der Waals surface area (Å²) in [7, 11) is 0. The Morgan fingerprint density at radius 2 is 2.25 bits per heavy atom. The molecule has 0 bridgehead atoms. The van der Waals surface area contributed by atoms with Crippen LogP contribution in [0.1, 0.15) is 23.2 Å². The summed E-state index contributed by atoms with van der Waals surface area (Å²) in [4.78, 5) is 26.7. The highest BCUT2D eigenvalue weighted by molar-refractivity contribution is 5.97. The average molecular weight is 272 g/mol. The SMILES string of the molecule is O=C(NCC1CCCO1)c1cc2ccccc2[nH]c1=O. The molecule has 1 aliphatic rings. The Morgan fingerprint density at radius 3 is 3.05 bits per heavy atom. The maximum atomic E-state index is 12.1. The smallest absolute Gasteiger partial charge is 0.261 e. The van der Waals surface area contributed by atoms with Gasteiger partial charge in [0.05, 0.1) is 6.10 Å². The zero-order chi connectivity index (χ0) is 13.9. The lowest BCUT2D eigenvalue weighted by molar-refractivity contribution is 0.0856. The van der Waals surface area contributed by atoms with Gasteiger partial charge in [0, 0.05) is 18.7 Å². The molecular weight excluding hydrogens is 256 g/mol. The summed E-state index contributed by atoms with van der Waals surface area (Å²) in [6.07, 6.45) is 2.05. The second-order valence-electron chi connectivity index (χ2n) is 4.94. The van der Waals surface area contributed by atoms with E-state index in [1.165, 1.54) is 0 Å². The third-order valence-electron chi connectivity index (χ3n) is 3.51. The largest absolute Gasteiger partial charge is 0.376 e. The molecule has 1 unspecified atom stereocenters. The van der Waals surface area contributed by atoms with E-state index in [1.54, 1.807) is 6.07 Å². The van der Waals surface area contributed by atoms with E-state index in [-0.39, 0.29) is 23.1 Å². The van der Waals surface area contributed by atoms with Crippen molar-refractivity contribution in [3.63, 3.8) is 0 Å². The maximum absolute atomic E-state index is 12.1. The number of para-hydroxylation sites is 1. The Balaban J connectivity index is 1.79. The van der Waals surface area contributed by atoms with E-state index < -0.39 is 0 Å². The molecule has 5 nitrogen and oxygen atoms in total. The Bertz CT molecular complexity index is 687. The number of amides is 1. The van der Waals surface area contributed by atoms with E-state index in [1.807, 2.05) is 24.3 Å². The summed E-state index contributed by atoms with van der Waals surface area (Å²) in [5, 5.41) is 3.60. The summed E-state index contributed by atoms with van der Waals surface area (Å²) in [5.74, 6) is -0.354. The molecule has 1 amide bonds. The van der Waals surface area contributed by atoms with E-state index >= 15 is 0 Å². The lowest BCUT2D eigenvalue weighted by Crippen LogP contribution is -2.34. The van der Waals surface area contributed by atoms with Crippen molar-refractivity contribution in [3.05, 3.63) is 46.2 Å². The lowest BCUT2D eigenvalue weighted by Gasteiger charge is -2.10. The molecule has 1 aromatic heterocycles. The number of aromatic nitrogens is 1. The number of aromatic amines is 1. The molecule has 1 fully saturated rings. The number of hydrogen-bond acceptors (Lipinski definition) is 3. The lowest BCUT2D eigenvalue weighted by atomic mass is 10.1. The van der Waals surface area contributed by atoms with Crippen molar-refractivity contribution in [1.82, 2.24) is 10.3 Å². The van der Waals surface area contributed by atoms with Crippen LogP contribution in [-0.2, 0) is 4.74 Å². The zero-order valence-corrected chi connectivity index (χ0v) is 11.0. The van der Waals surface area contributed by atoms with Crippen molar-refractivity contribution >= 4 is 16.8 Å². The van der Waals surface area contributed by atoms with Crippen LogP contribution >= 0.6 is 0 Å². The van der Waals surface area contributed by atoms with Crippen molar-refractivity contribution in [3.8, 4) is 0 Å². The molecule has 20 heavy (non-hydrogen) atoms. The second kappa shape index (κ2) is 5.46. The molecular formula is C15H16N2O3. The molecule has 2 heterocycles. The van der Waals surface area contributed by atoms with E-state index in [4.69, 9.17) is 4.74 Å². The van der Waals surface area contributed by atoms with Gasteiger partial charge in [0.1, 0.15) is 5.56 Å². The highest BCUT2D eigenvalue weighted by Crippen LogP contribution is 2.12. The van der Waals surface area contributed by atoms with E-state index in [9.17, 15) is 9.59 Å². The van der Waals surface area contributed by atoms with Gasteiger partial charge in [-0.3, -0.25) is 9.59 Å². The predicted octanol–water partition coefficient (Wildman–Crippen LogP) is 1.44. The molecule has 0 saturated carbocycles. The Hall–Kier alpha value is -2.14. The molecule has 0 spiro atoms. The van der Waals surface area contributed by atoms with E-state index in [0.29, 0.717) is 6.54 Å². The molecule has 0 aliphatic carbocycles. The Morgan fingerprint density at radius 1 is 1.40 bits per heavy atom. The first-order valence-electron chi connectivity index (χ1n) is 6.76. The number of benzene rings is 1. The van der Waals surface area contributed by atoms with Gasteiger partial charge in [-0.2, -0.15) is 0 Å². The van der Waals surface area contributed by atoms with Crippen LogP contribution in [0, 0.1) is 0 Å². The summed E-state index contributed by atoms with van der Waals surface area (Å²) < 4.78 is 5.44. The molecule has 3 rings (SSSR count). The van der Waals surface area contributed by atoms with Crippen LogP contribution in [-0.4, -0.2) is 30.1 Å². The minimum Gasteiger partial charge on any atom is -0.376 e. The first-order valence-corrected chi connectivity index (χ1v) is 6.76. The van der Waals surface area contributed by atoms with Gasteiger partial charge in [-0.05, 0) is 30.4 Å². The van der Waals surface area contributed by atoms with Crippen molar-refractivity contribution in [2.24, 2.45) is 0 Å². The van der Waals surface area contributed by atoms with Gasteiger partial charge in [0.25, 0.3) is 11.5 Å². The van der Waals surface area contributed by atoms with Crippen LogP contribution < -0.4 is 10.9 Å². The third-order valence-corrected chi connectivity index (χ3v) is 3.51. The van der Waals surface area contributed by atoms with Crippen LogP contribution in [0.4, 0.5) is 0 Å². The van der Waals surface area contributed by atoms with Crippen LogP contribution in [0.3, 0.4) is 0 Å². The van der Waals surface area contributed by atoms with Crippen LogP contribution in [0.2, 0.25) is 0 Å². The van der Waals surface area contributed by atoms with Crippen molar-refractivity contribution < 1.29 is 9.53 Å². The Labute approximate surface area is 116 Å². The fourth-order valence-corrected chi connectivity index (χ4v) is 2.42. The first-order chi connectivity index (χ1) is 9.74. The van der Waals surface area contributed by atoms with E-state index in [2.05, 4.69) is 10.3 Å². The van der Waals surface area contributed by atoms with Gasteiger partial charge >= 0.3 is 0 Å². The average Bonchev–Trinajstić information content (AvgIpc) is 2.97. The number of H-pyrrole nitrogens is 1. The summed E-state index contributed by atoms with van der Waals surface area (Å²) in [5.41, 5.74) is 0.503. The molecule has 1 aromatic carbocycles. The highest BCUT2D eigenvalue weighted by Gasteiger charge is 2.18. The van der Waals surface area contributed by atoms with Crippen molar-refractivity contribution in [1.29, 1.82) is 0 Å². The first kappa shape index (κ1) is 12.9. The fourth-order valence-electron chi connectivity index (χ4n) is 2.42.